The fourth-order valence-corrected chi connectivity index (χ4v) is 2.96. The van der Waals surface area contributed by atoms with Crippen LogP contribution < -0.4 is 19.7 Å². The summed E-state index contributed by atoms with van der Waals surface area (Å²) in [4.78, 5) is 22.9. The molecule has 1 N–H and O–H groups in total. The van der Waals surface area contributed by atoms with E-state index in [9.17, 15) is 4.79 Å². The van der Waals surface area contributed by atoms with Gasteiger partial charge in [0.25, 0.3) is 5.91 Å². The van der Waals surface area contributed by atoms with Gasteiger partial charge < -0.3 is 24.4 Å². The minimum atomic E-state index is -0.192. The predicted octanol–water partition coefficient (Wildman–Crippen LogP) is 1.81. The third-order valence-electron chi connectivity index (χ3n) is 4.51. The summed E-state index contributed by atoms with van der Waals surface area (Å²) in [6.45, 7) is 9.41. The van der Waals surface area contributed by atoms with Crippen LogP contribution >= 0.6 is 0 Å². The highest BCUT2D eigenvalue weighted by Crippen LogP contribution is 2.19. The molecule has 1 aliphatic rings. The molecule has 0 aliphatic carbocycles. The molecule has 3 rings (SSSR count). The highest BCUT2D eigenvalue weighted by molar-refractivity contribution is 5.77. The fraction of sp³-hybridized carbons (Fsp3) is 0.476. The molecule has 0 atom stereocenters. The number of anilines is 1. The molecular weight excluding hydrogens is 372 g/mol. The number of hydrogen-bond donors (Lipinski definition) is 1. The van der Waals surface area contributed by atoms with Crippen molar-refractivity contribution < 1.29 is 19.0 Å². The van der Waals surface area contributed by atoms with Crippen molar-refractivity contribution >= 4 is 11.7 Å². The largest absolute Gasteiger partial charge is 0.483 e. The fourth-order valence-electron chi connectivity index (χ4n) is 2.96. The van der Waals surface area contributed by atoms with Gasteiger partial charge in [-0.25, -0.2) is 4.98 Å². The Balaban J connectivity index is 1.42. The first-order valence-corrected chi connectivity index (χ1v) is 9.79. The van der Waals surface area contributed by atoms with Crippen LogP contribution in [0.5, 0.6) is 11.6 Å². The maximum absolute atomic E-state index is 12.0. The summed E-state index contributed by atoms with van der Waals surface area (Å²) >= 11 is 0. The first-order chi connectivity index (χ1) is 14.0. The van der Waals surface area contributed by atoms with Gasteiger partial charge in [-0.15, -0.1) is 0 Å². The molecule has 0 bridgehead atoms. The van der Waals surface area contributed by atoms with E-state index in [2.05, 4.69) is 20.2 Å². The second-order valence-corrected chi connectivity index (χ2v) is 6.97. The lowest BCUT2D eigenvalue weighted by atomic mass is 10.1. The number of amides is 1. The van der Waals surface area contributed by atoms with Crippen molar-refractivity contribution in [2.45, 2.75) is 20.8 Å². The average molecular weight is 400 g/mol. The normalized spacial score (nSPS) is 13.8. The van der Waals surface area contributed by atoms with Gasteiger partial charge in [-0.05, 0) is 38.0 Å². The Hall–Kier alpha value is -2.87. The Morgan fingerprint density at radius 1 is 1.14 bits per heavy atom. The molecule has 0 spiro atoms. The van der Waals surface area contributed by atoms with Gasteiger partial charge in [0.2, 0.25) is 5.88 Å². The lowest BCUT2D eigenvalue weighted by Gasteiger charge is -2.28. The van der Waals surface area contributed by atoms with E-state index in [1.165, 1.54) is 0 Å². The molecule has 29 heavy (non-hydrogen) atoms. The summed E-state index contributed by atoms with van der Waals surface area (Å²) in [7, 11) is 0. The lowest BCUT2D eigenvalue weighted by molar-refractivity contribution is -0.123. The Morgan fingerprint density at radius 3 is 2.72 bits per heavy atom. The summed E-state index contributed by atoms with van der Waals surface area (Å²) in [6, 6.07) is 7.74. The van der Waals surface area contributed by atoms with Gasteiger partial charge in [-0.3, -0.25) is 4.79 Å². The van der Waals surface area contributed by atoms with Gasteiger partial charge in [-0.2, -0.15) is 4.98 Å². The minimum absolute atomic E-state index is 0.0297. The van der Waals surface area contributed by atoms with Crippen LogP contribution in [0.2, 0.25) is 0 Å². The summed E-state index contributed by atoms with van der Waals surface area (Å²) in [6.07, 6.45) is 0. The number of nitrogens with zero attached hydrogens (tertiary/aromatic N) is 3. The zero-order chi connectivity index (χ0) is 20.6. The van der Waals surface area contributed by atoms with Crippen molar-refractivity contribution in [3.63, 3.8) is 0 Å². The molecule has 0 unspecified atom stereocenters. The van der Waals surface area contributed by atoms with Crippen molar-refractivity contribution in [1.29, 1.82) is 0 Å². The molecule has 1 aromatic heterocycles. The molecule has 1 saturated heterocycles. The van der Waals surface area contributed by atoms with Crippen LogP contribution in [0, 0.1) is 20.8 Å². The monoisotopic (exact) mass is 400 g/mol. The topological polar surface area (TPSA) is 85.8 Å². The van der Waals surface area contributed by atoms with Gasteiger partial charge in [0.05, 0.1) is 19.8 Å². The highest BCUT2D eigenvalue weighted by atomic mass is 16.5. The predicted molar refractivity (Wildman–Crippen MR) is 110 cm³/mol. The molecule has 1 amide bonds. The van der Waals surface area contributed by atoms with Crippen LogP contribution in [-0.2, 0) is 9.53 Å². The number of morpholine rings is 1. The Labute approximate surface area is 171 Å². The highest BCUT2D eigenvalue weighted by Gasteiger charge is 2.14. The van der Waals surface area contributed by atoms with E-state index in [1.807, 2.05) is 45.0 Å². The Kier molecular flexibility index (Phi) is 7.24. The number of rotatable bonds is 8. The van der Waals surface area contributed by atoms with Crippen molar-refractivity contribution in [3.05, 3.63) is 41.2 Å². The third-order valence-corrected chi connectivity index (χ3v) is 4.51. The van der Waals surface area contributed by atoms with Crippen LogP contribution in [0.3, 0.4) is 0 Å². The molecule has 1 aliphatic heterocycles. The SMILES string of the molecule is Cc1ccc(C)c(OCC(=O)NCCOc2cc(N3CCOCC3)nc(C)n2)c1. The van der Waals surface area contributed by atoms with Crippen LogP contribution in [-0.4, -0.2) is 61.9 Å². The quantitative estimate of drug-likeness (QED) is 0.677. The van der Waals surface area contributed by atoms with Crippen LogP contribution in [0.1, 0.15) is 17.0 Å². The molecule has 8 nitrogen and oxygen atoms in total. The Bertz CT molecular complexity index is 837. The first-order valence-electron chi connectivity index (χ1n) is 9.79. The zero-order valence-corrected chi connectivity index (χ0v) is 17.2. The van der Waals surface area contributed by atoms with E-state index in [0.29, 0.717) is 38.1 Å². The molecule has 0 radical (unpaired) electrons. The molecule has 1 fully saturated rings. The molecule has 2 aromatic rings. The van der Waals surface area contributed by atoms with Gasteiger partial charge >= 0.3 is 0 Å². The molecule has 0 saturated carbocycles. The van der Waals surface area contributed by atoms with E-state index in [0.717, 1.165) is 35.8 Å². The van der Waals surface area contributed by atoms with Gasteiger partial charge in [-0.1, -0.05) is 12.1 Å². The summed E-state index contributed by atoms with van der Waals surface area (Å²) in [5.41, 5.74) is 2.10. The standard InChI is InChI=1S/C21H28N4O4/c1-15-4-5-16(2)18(12-15)29-14-20(26)22-6-9-28-21-13-19(23-17(3)24-21)25-7-10-27-11-8-25/h4-5,12-13H,6-11,14H2,1-3H3,(H,22,26). The number of nitrogens with one attached hydrogen (secondary N) is 1. The minimum Gasteiger partial charge on any atom is -0.483 e. The zero-order valence-electron chi connectivity index (χ0n) is 17.2. The van der Waals surface area contributed by atoms with Crippen molar-refractivity contribution in [2.75, 3.05) is 51.0 Å². The van der Waals surface area contributed by atoms with Crippen molar-refractivity contribution in [3.8, 4) is 11.6 Å². The van der Waals surface area contributed by atoms with Crippen LogP contribution in [0.4, 0.5) is 5.82 Å². The van der Waals surface area contributed by atoms with Gasteiger partial charge in [0.15, 0.2) is 6.61 Å². The number of carbonyl (C=O) groups is 1. The third kappa shape index (κ3) is 6.32. The second kappa shape index (κ2) is 10.1. The summed E-state index contributed by atoms with van der Waals surface area (Å²) < 4.78 is 16.7. The van der Waals surface area contributed by atoms with Gasteiger partial charge in [0.1, 0.15) is 24.0 Å². The van der Waals surface area contributed by atoms with E-state index in [-0.39, 0.29) is 12.5 Å². The first kappa shape index (κ1) is 20.9. The molecule has 8 heteroatoms. The summed E-state index contributed by atoms with van der Waals surface area (Å²) in [5, 5.41) is 2.79. The van der Waals surface area contributed by atoms with E-state index >= 15 is 0 Å². The molecular formula is C21H28N4O4. The van der Waals surface area contributed by atoms with E-state index < -0.39 is 0 Å². The number of carbonyl (C=O) groups excluding carboxylic acids is 1. The van der Waals surface area contributed by atoms with Gasteiger partial charge in [0, 0.05) is 19.2 Å². The maximum atomic E-state index is 12.0. The van der Waals surface area contributed by atoms with Crippen LogP contribution in [0.15, 0.2) is 24.3 Å². The summed E-state index contributed by atoms with van der Waals surface area (Å²) in [5.74, 6) is 2.52. The number of hydrogen-bond acceptors (Lipinski definition) is 7. The average Bonchev–Trinajstić information content (AvgIpc) is 2.72. The van der Waals surface area contributed by atoms with Crippen LogP contribution in [0.25, 0.3) is 0 Å². The number of aryl methyl sites for hydroxylation is 3. The van der Waals surface area contributed by atoms with Crippen molar-refractivity contribution in [1.82, 2.24) is 15.3 Å². The molecule has 156 valence electrons. The number of aromatic nitrogens is 2. The number of benzene rings is 1. The Morgan fingerprint density at radius 2 is 1.93 bits per heavy atom. The molecule has 1 aromatic carbocycles. The molecule has 2 heterocycles. The van der Waals surface area contributed by atoms with E-state index in [4.69, 9.17) is 14.2 Å². The maximum Gasteiger partial charge on any atom is 0.258 e. The van der Waals surface area contributed by atoms with E-state index in [1.54, 1.807) is 0 Å². The lowest BCUT2D eigenvalue weighted by Crippen LogP contribution is -2.37. The van der Waals surface area contributed by atoms with Crippen molar-refractivity contribution in [2.24, 2.45) is 0 Å². The second-order valence-electron chi connectivity index (χ2n) is 6.97. The number of ether oxygens (including phenoxy) is 3. The smallest absolute Gasteiger partial charge is 0.258 e.